The van der Waals surface area contributed by atoms with E-state index in [2.05, 4.69) is 0 Å². The molecule has 2 aliphatic rings. The van der Waals surface area contributed by atoms with E-state index in [1.165, 1.54) is 14.2 Å². The van der Waals surface area contributed by atoms with Crippen molar-refractivity contribution in [2.45, 2.75) is 116 Å². The van der Waals surface area contributed by atoms with Crippen molar-refractivity contribution < 1.29 is 44.2 Å². The van der Waals surface area contributed by atoms with Crippen molar-refractivity contribution in [2.75, 3.05) is 20.8 Å². The van der Waals surface area contributed by atoms with E-state index in [4.69, 9.17) is 18.9 Å². The number of carbonyl (C=O) groups is 1. The number of hydrogen-bond acceptors (Lipinski definition) is 9. The minimum absolute atomic E-state index is 0.00360. The number of rotatable bonds is 6. The zero-order chi connectivity index (χ0) is 27.3. The Hall–Kier alpha value is -1.07. The van der Waals surface area contributed by atoms with Crippen molar-refractivity contribution in [3.05, 3.63) is 11.6 Å². The second kappa shape index (κ2) is 13.1. The van der Waals surface area contributed by atoms with E-state index in [1.54, 1.807) is 13.8 Å². The molecule has 2 saturated heterocycles. The first-order chi connectivity index (χ1) is 16.8. The van der Waals surface area contributed by atoms with E-state index in [0.717, 1.165) is 12.0 Å². The minimum atomic E-state index is -2.08. The Morgan fingerprint density at radius 1 is 1.17 bits per heavy atom. The molecule has 2 bridgehead atoms. The molecule has 2 heterocycles. The summed E-state index contributed by atoms with van der Waals surface area (Å²) < 4.78 is 23.0. The largest absolute Gasteiger partial charge is 0.458 e. The molecule has 4 N–H and O–H groups in total. The van der Waals surface area contributed by atoms with E-state index in [0.29, 0.717) is 12.8 Å². The van der Waals surface area contributed by atoms with E-state index in [-0.39, 0.29) is 37.7 Å². The number of carbonyl (C=O) groups excluding carboxylic acids is 1. The van der Waals surface area contributed by atoms with E-state index in [9.17, 15) is 25.2 Å². The van der Waals surface area contributed by atoms with Gasteiger partial charge < -0.3 is 39.4 Å². The molecule has 210 valence electrons. The van der Waals surface area contributed by atoms with Gasteiger partial charge in [-0.05, 0) is 37.7 Å². The Balaban J connectivity index is 2.45. The second-order valence-corrected chi connectivity index (χ2v) is 11.2. The van der Waals surface area contributed by atoms with Gasteiger partial charge in [0.05, 0.1) is 30.8 Å². The van der Waals surface area contributed by atoms with Crippen LogP contribution in [0.1, 0.15) is 73.1 Å². The van der Waals surface area contributed by atoms with Crippen molar-refractivity contribution in [2.24, 2.45) is 17.3 Å². The summed E-state index contributed by atoms with van der Waals surface area (Å²) in [4.78, 5) is 13.0. The van der Waals surface area contributed by atoms with Crippen molar-refractivity contribution in [1.82, 2.24) is 0 Å². The molecule has 0 aromatic carbocycles. The third-order valence-corrected chi connectivity index (χ3v) is 8.19. The molecule has 2 aliphatic heterocycles. The smallest absolute Gasteiger partial charge is 0.309 e. The van der Waals surface area contributed by atoms with Gasteiger partial charge in [0, 0.05) is 45.0 Å². The third-order valence-electron chi connectivity index (χ3n) is 8.19. The summed E-state index contributed by atoms with van der Waals surface area (Å²) >= 11 is 0. The summed E-state index contributed by atoms with van der Waals surface area (Å²) in [6.07, 6.45) is -0.777. The second-order valence-electron chi connectivity index (χ2n) is 11.2. The maximum atomic E-state index is 13.0. The molecular weight excluding hydrogens is 468 g/mol. The van der Waals surface area contributed by atoms with Crippen LogP contribution in [0.5, 0.6) is 0 Å². The van der Waals surface area contributed by atoms with Crippen LogP contribution in [0.15, 0.2) is 11.6 Å². The highest BCUT2D eigenvalue weighted by atomic mass is 16.7. The lowest BCUT2D eigenvalue weighted by atomic mass is 9.69. The summed E-state index contributed by atoms with van der Waals surface area (Å²) in [5.74, 6) is -2.64. The molecule has 2 rings (SSSR count). The number of aliphatic hydroxyl groups is 4. The van der Waals surface area contributed by atoms with Crippen LogP contribution in [-0.2, 0) is 23.7 Å². The summed E-state index contributed by atoms with van der Waals surface area (Å²) in [6, 6.07) is 0. The molecule has 0 aromatic rings. The van der Waals surface area contributed by atoms with Gasteiger partial charge in [-0.15, -0.1) is 0 Å². The topological polar surface area (TPSA) is 135 Å². The van der Waals surface area contributed by atoms with Gasteiger partial charge >= 0.3 is 5.97 Å². The lowest BCUT2D eigenvalue weighted by Gasteiger charge is -2.53. The molecule has 9 heteroatoms. The quantitative estimate of drug-likeness (QED) is 0.310. The fraction of sp³-hybridized carbons (Fsp3) is 0.889. The first-order valence-electron chi connectivity index (χ1n) is 13.1. The highest BCUT2D eigenvalue weighted by Crippen LogP contribution is 2.46. The predicted molar refractivity (Wildman–Crippen MR) is 134 cm³/mol. The highest BCUT2D eigenvalue weighted by molar-refractivity contribution is 5.70. The van der Waals surface area contributed by atoms with Gasteiger partial charge in [-0.1, -0.05) is 33.8 Å². The zero-order valence-corrected chi connectivity index (χ0v) is 23.0. The van der Waals surface area contributed by atoms with Crippen molar-refractivity contribution in [1.29, 1.82) is 0 Å². The van der Waals surface area contributed by atoms with Crippen LogP contribution in [0.3, 0.4) is 0 Å². The average molecular weight is 517 g/mol. The number of esters is 1. The van der Waals surface area contributed by atoms with Crippen LogP contribution >= 0.6 is 0 Å². The van der Waals surface area contributed by atoms with Crippen LogP contribution in [0.4, 0.5) is 0 Å². The summed E-state index contributed by atoms with van der Waals surface area (Å²) in [5, 5.41) is 43.7. The molecule has 0 aromatic heterocycles. The van der Waals surface area contributed by atoms with Crippen LogP contribution in [0.25, 0.3) is 0 Å². The van der Waals surface area contributed by atoms with Gasteiger partial charge in [0.15, 0.2) is 0 Å². The first kappa shape index (κ1) is 31.1. The van der Waals surface area contributed by atoms with Gasteiger partial charge in [0.2, 0.25) is 5.79 Å². The van der Waals surface area contributed by atoms with Gasteiger partial charge in [0.1, 0.15) is 12.2 Å². The SMILES string of the molecule is CC[C@H](/C=C(/C)[C@@H]1C[C@@H](C)C[C@H](O)C(C)(C)[C@@]2(O)O[C@@H](C[C@@H](OC)CC(=O)O1)C[C@@H](OC)[C@H]2O)CO. The molecule has 0 amide bonds. The fourth-order valence-corrected chi connectivity index (χ4v) is 5.35. The van der Waals surface area contributed by atoms with E-state index in [1.807, 2.05) is 26.8 Å². The molecular formula is C27H48O9. The Kier molecular flexibility index (Phi) is 11.4. The maximum absolute atomic E-state index is 13.0. The third kappa shape index (κ3) is 7.07. The minimum Gasteiger partial charge on any atom is -0.458 e. The molecule has 0 spiro atoms. The number of cyclic esters (lactones) is 1. The summed E-state index contributed by atoms with van der Waals surface area (Å²) in [7, 11) is 2.96. The Morgan fingerprint density at radius 3 is 2.39 bits per heavy atom. The zero-order valence-electron chi connectivity index (χ0n) is 23.0. The highest BCUT2D eigenvalue weighted by Gasteiger charge is 2.60. The normalized spacial score (nSPS) is 39.7. The molecule has 9 nitrogen and oxygen atoms in total. The van der Waals surface area contributed by atoms with E-state index >= 15 is 0 Å². The maximum Gasteiger partial charge on any atom is 0.309 e. The Bertz CT molecular complexity index is 735. The number of aliphatic hydroxyl groups excluding tert-OH is 3. The van der Waals surface area contributed by atoms with Crippen LogP contribution in [0, 0.1) is 17.3 Å². The number of hydrogen-bond donors (Lipinski definition) is 4. The Morgan fingerprint density at radius 2 is 1.83 bits per heavy atom. The fourth-order valence-electron chi connectivity index (χ4n) is 5.35. The monoisotopic (exact) mass is 516 g/mol. The van der Waals surface area contributed by atoms with Crippen molar-refractivity contribution in [3.63, 3.8) is 0 Å². The predicted octanol–water partition coefficient (Wildman–Crippen LogP) is 2.33. The summed E-state index contributed by atoms with van der Waals surface area (Å²) in [6.45, 7) is 9.19. The lowest BCUT2D eigenvalue weighted by molar-refractivity contribution is -0.378. The van der Waals surface area contributed by atoms with Crippen LogP contribution in [-0.4, -0.2) is 89.6 Å². The molecule has 0 saturated carbocycles. The first-order valence-corrected chi connectivity index (χ1v) is 13.1. The van der Waals surface area contributed by atoms with Gasteiger partial charge in [-0.2, -0.15) is 0 Å². The molecule has 2 fully saturated rings. The van der Waals surface area contributed by atoms with Crippen molar-refractivity contribution in [3.8, 4) is 0 Å². The molecule has 0 radical (unpaired) electrons. The van der Waals surface area contributed by atoms with Gasteiger partial charge in [-0.3, -0.25) is 4.79 Å². The van der Waals surface area contributed by atoms with E-state index < -0.39 is 53.8 Å². The standard InChI is InChI=1S/C27H48O9/c1-8-18(15-28)11-17(3)21-9-16(2)10-23(29)26(4,5)27(32)25(31)22(34-7)13-20(36-27)12-19(33-6)14-24(30)35-21/h11,16,18-23,25,28-29,31-32H,8-10,12-15H2,1-7H3/b17-11-/t16-,18-,19-,20+,21+,22-,23+,25-,27+/m1/s1. The lowest BCUT2D eigenvalue weighted by Crippen LogP contribution is -2.68. The molecule has 9 atom stereocenters. The Labute approximate surface area is 215 Å². The number of fused-ring (bicyclic) bond motifs is 2. The number of ether oxygens (including phenoxy) is 4. The molecule has 0 aliphatic carbocycles. The molecule has 0 unspecified atom stereocenters. The average Bonchev–Trinajstić information content (AvgIpc) is 2.82. The molecule has 36 heavy (non-hydrogen) atoms. The summed E-state index contributed by atoms with van der Waals surface area (Å²) in [5.41, 5.74) is -0.396. The number of methoxy groups -OCH3 is 2. The van der Waals surface area contributed by atoms with Gasteiger partial charge in [-0.25, -0.2) is 0 Å². The van der Waals surface area contributed by atoms with Gasteiger partial charge in [0.25, 0.3) is 0 Å². The van der Waals surface area contributed by atoms with Crippen molar-refractivity contribution >= 4 is 5.97 Å². The van der Waals surface area contributed by atoms with Crippen LogP contribution < -0.4 is 0 Å². The van der Waals surface area contributed by atoms with Crippen LogP contribution in [0.2, 0.25) is 0 Å².